The molecule has 114 valence electrons. The van der Waals surface area contributed by atoms with Gasteiger partial charge in [0.05, 0.1) is 12.2 Å². The zero-order valence-electron chi connectivity index (χ0n) is 12.5. The summed E-state index contributed by atoms with van der Waals surface area (Å²) in [6, 6.07) is 5.90. The molecular weight excluding hydrogens is 264 g/mol. The van der Waals surface area contributed by atoms with E-state index < -0.39 is 0 Å². The molecule has 21 heavy (non-hydrogen) atoms. The molecule has 0 bridgehead atoms. The number of rotatable bonds is 3. The lowest BCUT2D eigenvalue weighted by Crippen LogP contribution is -2.39. The Morgan fingerprint density at radius 1 is 1.29 bits per heavy atom. The third-order valence-electron chi connectivity index (χ3n) is 4.61. The fourth-order valence-corrected chi connectivity index (χ4v) is 3.40. The van der Waals surface area contributed by atoms with Crippen LogP contribution in [-0.2, 0) is 11.3 Å². The van der Waals surface area contributed by atoms with Crippen molar-refractivity contribution in [3.8, 4) is 5.75 Å². The van der Waals surface area contributed by atoms with Gasteiger partial charge in [0.25, 0.3) is 0 Å². The number of anilines is 1. The summed E-state index contributed by atoms with van der Waals surface area (Å²) in [6.45, 7) is 1.71. The average molecular weight is 288 g/mol. The van der Waals surface area contributed by atoms with Gasteiger partial charge in [0.2, 0.25) is 5.91 Å². The molecule has 0 saturated heterocycles. The van der Waals surface area contributed by atoms with Crippen LogP contribution in [0.1, 0.15) is 44.1 Å². The van der Waals surface area contributed by atoms with Crippen molar-refractivity contribution >= 4 is 11.6 Å². The molecule has 1 aromatic carbocycles. The SMILES string of the molecule is NCc1ccc2c(c1)OCCN2C(=O)CC1CCCCC1. The van der Waals surface area contributed by atoms with Crippen LogP contribution in [-0.4, -0.2) is 19.1 Å². The van der Waals surface area contributed by atoms with E-state index in [1.54, 1.807) is 0 Å². The highest BCUT2D eigenvalue weighted by molar-refractivity contribution is 5.95. The van der Waals surface area contributed by atoms with E-state index >= 15 is 0 Å². The van der Waals surface area contributed by atoms with Gasteiger partial charge in [-0.1, -0.05) is 25.3 Å². The van der Waals surface area contributed by atoms with E-state index in [1.165, 1.54) is 32.1 Å². The van der Waals surface area contributed by atoms with Crippen molar-refractivity contribution in [1.29, 1.82) is 0 Å². The maximum Gasteiger partial charge on any atom is 0.227 e. The smallest absolute Gasteiger partial charge is 0.227 e. The van der Waals surface area contributed by atoms with Gasteiger partial charge in [-0.2, -0.15) is 0 Å². The standard InChI is InChI=1S/C17H24N2O2/c18-12-14-6-7-15-16(10-14)21-9-8-19(15)17(20)11-13-4-2-1-3-5-13/h6-7,10,13H,1-5,8-9,11-12,18H2. The van der Waals surface area contributed by atoms with Gasteiger partial charge >= 0.3 is 0 Å². The Labute approximate surface area is 126 Å². The molecule has 1 aliphatic heterocycles. The summed E-state index contributed by atoms with van der Waals surface area (Å²) < 4.78 is 5.69. The number of carbonyl (C=O) groups is 1. The maximum atomic E-state index is 12.6. The Bertz CT molecular complexity index is 510. The van der Waals surface area contributed by atoms with E-state index in [4.69, 9.17) is 10.5 Å². The lowest BCUT2D eigenvalue weighted by Gasteiger charge is -2.31. The summed E-state index contributed by atoms with van der Waals surface area (Å²) in [5.41, 5.74) is 7.60. The molecule has 1 saturated carbocycles. The first-order chi connectivity index (χ1) is 10.3. The van der Waals surface area contributed by atoms with Crippen LogP contribution in [0.4, 0.5) is 5.69 Å². The van der Waals surface area contributed by atoms with Crippen LogP contribution in [0.5, 0.6) is 5.75 Å². The van der Waals surface area contributed by atoms with Crippen LogP contribution in [0.15, 0.2) is 18.2 Å². The van der Waals surface area contributed by atoms with E-state index in [9.17, 15) is 4.79 Å². The van der Waals surface area contributed by atoms with E-state index in [-0.39, 0.29) is 5.91 Å². The normalized spacial score (nSPS) is 19.0. The third kappa shape index (κ3) is 3.21. The molecule has 0 unspecified atom stereocenters. The van der Waals surface area contributed by atoms with Gasteiger partial charge in [0.1, 0.15) is 12.4 Å². The quantitative estimate of drug-likeness (QED) is 0.930. The van der Waals surface area contributed by atoms with Crippen molar-refractivity contribution in [2.45, 2.75) is 45.1 Å². The number of nitrogens with two attached hydrogens (primary N) is 1. The van der Waals surface area contributed by atoms with Crippen LogP contribution in [0, 0.1) is 5.92 Å². The van der Waals surface area contributed by atoms with Gasteiger partial charge in [-0.15, -0.1) is 0 Å². The van der Waals surface area contributed by atoms with Crippen LogP contribution in [0.25, 0.3) is 0 Å². The molecule has 0 spiro atoms. The summed E-state index contributed by atoms with van der Waals surface area (Å²) in [4.78, 5) is 14.5. The van der Waals surface area contributed by atoms with Crippen LogP contribution in [0.2, 0.25) is 0 Å². The predicted octanol–water partition coefficient (Wildman–Crippen LogP) is 2.84. The van der Waals surface area contributed by atoms with E-state index in [1.807, 2.05) is 23.1 Å². The molecule has 1 amide bonds. The topological polar surface area (TPSA) is 55.6 Å². The molecule has 2 aliphatic rings. The van der Waals surface area contributed by atoms with Crippen molar-refractivity contribution in [1.82, 2.24) is 0 Å². The minimum atomic E-state index is 0.243. The second-order valence-corrected chi connectivity index (χ2v) is 6.11. The van der Waals surface area contributed by atoms with Crippen molar-refractivity contribution in [3.63, 3.8) is 0 Å². The monoisotopic (exact) mass is 288 g/mol. The maximum absolute atomic E-state index is 12.6. The number of fused-ring (bicyclic) bond motifs is 1. The van der Waals surface area contributed by atoms with Crippen molar-refractivity contribution in [2.24, 2.45) is 11.7 Å². The van der Waals surface area contributed by atoms with Gasteiger partial charge in [-0.25, -0.2) is 0 Å². The second kappa shape index (κ2) is 6.48. The summed E-state index contributed by atoms with van der Waals surface area (Å²) in [7, 11) is 0. The number of ether oxygens (including phenoxy) is 1. The second-order valence-electron chi connectivity index (χ2n) is 6.11. The molecule has 1 fully saturated rings. The molecule has 0 atom stereocenters. The molecule has 0 radical (unpaired) electrons. The number of carbonyl (C=O) groups excluding carboxylic acids is 1. The number of nitrogens with zero attached hydrogens (tertiary/aromatic N) is 1. The zero-order valence-corrected chi connectivity index (χ0v) is 12.5. The Hall–Kier alpha value is -1.55. The van der Waals surface area contributed by atoms with Crippen LogP contribution >= 0.6 is 0 Å². The van der Waals surface area contributed by atoms with Gasteiger partial charge in [0.15, 0.2) is 0 Å². The first-order valence-corrected chi connectivity index (χ1v) is 8.04. The van der Waals surface area contributed by atoms with Gasteiger partial charge in [-0.3, -0.25) is 4.79 Å². The molecule has 4 heteroatoms. The number of amides is 1. The summed E-state index contributed by atoms with van der Waals surface area (Å²) >= 11 is 0. The Morgan fingerprint density at radius 3 is 2.86 bits per heavy atom. The van der Waals surface area contributed by atoms with Crippen molar-refractivity contribution in [3.05, 3.63) is 23.8 Å². The molecule has 4 nitrogen and oxygen atoms in total. The molecule has 0 aromatic heterocycles. The highest BCUT2D eigenvalue weighted by atomic mass is 16.5. The first-order valence-electron chi connectivity index (χ1n) is 8.04. The predicted molar refractivity (Wildman–Crippen MR) is 83.4 cm³/mol. The molecule has 1 aromatic rings. The summed E-state index contributed by atoms with van der Waals surface area (Å²) in [6.07, 6.45) is 6.96. The number of hydrogen-bond donors (Lipinski definition) is 1. The highest BCUT2D eigenvalue weighted by Gasteiger charge is 2.26. The van der Waals surface area contributed by atoms with Crippen molar-refractivity contribution in [2.75, 3.05) is 18.1 Å². The molecule has 2 N–H and O–H groups in total. The Balaban J connectivity index is 1.73. The van der Waals surface area contributed by atoms with Gasteiger partial charge in [0, 0.05) is 13.0 Å². The van der Waals surface area contributed by atoms with Crippen molar-refractivity contribution < 1.29 is 9.53 Å². The zero-order chi connectivity index (χ0) is 14.7. The number of benzene rings is 1. The molecule has 3 rings (SSSR count). The van der Waals surface area contributed by atoms with E-state index in [0.717, 1.165) is 17.0 Å². The highest BCUT2D eigenvalue weighted by Crippen LogP contribution is 2.34. The first kappa shape index (κ1) is 14.4. The average Bonchev–Trinajstić information content (AvgIpc) is 2.54. The third-order valence-corrected chi connectivity index (χ3v) is 4.61. The molecule has 1 aliphatic carbocycles. The summed E-state index contributed by atoms with van der Waals surface area (Å²) in [5.74, 6) is 1.61. The van der Waals surface area contributed by atoms with E-state index in [0.29, 0.717) is 32.0 Å². The Kier molecular flexibility index (Phi) is 4.44. The fourth-order valence-electron chi connectivity index (χ4n) is 3.40. The Morgan fingerprint density at radius 2 is 2.10 bits per heavy atom. The fraction of sp³-hybridized carbons (Fsp3) is 0.588. The van der Waals surface area contributed by atoms with Gasteiger partial charge < -0.3 is 15.4 Å². The van der Waals surface area contributed by atoms with E-state index in [2.05, 4.69) is 0 Å². The lowest BCUT2D eigenvalue weighted by molar-refractivity contribution is -0.120. The lowest BCUT2D eigenvalue weighted by atomic mass is 9.86. The minimum Gasteiger partial charge on any atom is -0.490 e. The number of hydrogen-bond acceptors (Lipinski definition) is 3. The van der Waals surface area contributed by atoms with Crippen LogP contribution in [0.3, 0.4) is 0 Å². The molecular formula is C17H24N2O2. The van der Waals surface area contributed by atoms with Crippen LogP contribution < -0.4 is 15.4 Å². The van der Waals surface area contributed by atoms with Gasteiger partial charge in [-0.05, 0) is 36.5 Å². The molecule has 1 heterocycles. The minimum absolute atomic E-state index is 0.243. The largest absolute Gasteiger partial charge is 0.490 e. The summed E-state index contributed by atoms with van der Waals surface area (Å²) in [5, 5.41) is 0.